The summed E-state index contributed by atoms with van der Waals surface area (Å²) in [7, 11) is 0. The maximum absolute atomic E-state index is 13.8. The number of nitrogens with zero attached hydrogens (tertiary/aromatic N) is 2. The summed E-state index contributed by atoms with van der Waals surface area (Å²) in [5.41, 5.74) is 1.39. The number of ether oxygens (including phenoxy) is 3. The lowest BCUT2D eigenvalue weighted by molar-refractivity contribution is -0.145. The van der Waals surface area contributed by atoms with Crippen molar-refractivity contribution in [2.75, 3.05) is 19.8 Å². The van der Waals surface area contributed by atoms with Gasteiger partial charge in [-0.3, -0.25) is 9.36 Å². The zero-order valence-electron chi connectivity index (χ0n) is 21.1. The number of halogens is 3. The summed E-state index contributed by atoms with van der Waals surface area (Å²) in [4.78, 5) is 43.7. The van der Waals surface area contributed by atoms with Crippen LogP contribution in [0.2, 0.25) is 0 Å². The molecule has 12 heteroatoms. The lowest BCUT2D eigenvalue weighted by Gasteiger charge is -2.24. The highest BCUT2D eigenvalue weighted by Crippen LogP contribution is 2.31. The zero-order valence-corrected chi connectivity index (χ0v) is 26.3. The number of rotatable bonds is 8. The van der Waals surface area contributed by atoms with E-state index in [0.717, 1.165) is 18.5 Å². The van der Waals surface area contributed by atoms with E-state index in [0.29, 0.717) is 31.9 Å². The number of thiazole rings is 1. The Morgan fingerprint density at radius 2 is 1.82 bits per heavy atom. The van der Waals surface area contributed by atoms with E-state index in [9.17, 15) is 18.8 Å². The second-order valence-electron chi connectivity index (χ2n) is 8.25. The van der Waals surface area contributed by atoms with Crippen LogP contribution in [0.5, 0.6) is 5.75 Å². The number of allylic oxidation sites excluding steroid dienone is 1. The summed E-state index contributed by atoms with van der Waals surface area (Å²) in [6.45, 7) is 5.20. The molecular weight excluding hydrogens is 753 g/mol. The van der Waals surface area contributed by atoms with Gasteiger partial charge < -0.3 is 14.2 Å². The number of carbonyl (C=O) groups excluding carboxylic acids is 2. The third-order valence-corrected chi connectivity index (χ3v) is 8.07. The Hall–Kier alpha value is -2.59. The van der Waals surface area contributed by atoms with Crippen molar-refractivity contribution in [2.24, 2.45) is 4.99 Å². The second kappa shape index (κ2) is 12.7. The van der Waals surface area contributed by atoms with Crippen molar-refractivity contribution < 1.29 is 28.2 Å². The van der Waals surface area contributed by atoms with Gasteiger partial charge in [-0.15, -0.1) is 0 Å². The molecule has 1 aliphatic heterocycles. The predicted octanol–water partition coefficient (Wildman–Crippen LogP) is 4.09. The number of hydrogen-bond acceptors (Lipinski definition) is 8. The summed E-state index contributed by atoms with van der Waals surface area (Å²) in [5, 5.41) is 0. The standard InChI is InChI=1S/C27H23FI2N2O6S/c1-4-36-21(33)13-38-24-16(10-18(29)12-19(24)30)11-20-25(34)32-23(15-6-8-17(28)9-7-15)22(26(35)37-5-2)14(3)31-27(32)39-20/h6-12,23H,4-5,13H2,1-3H3/b20-11-/t23-/m0/s1. The fourth-order valence-electron chi connectivity index (χ4n) is 4.07. The van der Waals surface area contributed by atoms with E-state index in [4.69, 9.17) is 14.2 Å². The number of aromatic nitrogens is 1. The van der Waals surface area contributed by atoms with E-state index in [1.807, 2.05) is 12.1 Å². The van der Waals surface area contributed by atoms with E-state index in [1.165, 1.54) is 16.7 Å². The van der Waals surface area contributed by atoms with Crippen molar-refractivity contribution in [1.82, 2.24) is 4.57 Å². The number of esters is 2. The van der Waals surface area contributed by atoms with Gasteiger partial charge in [0.1, 0.15) is 11.6 Å². The number of carbonyl (C=O) groups is 2. The van der Waals surface area contributed by atoms with Gasteiger partial charge in [-0.2, -0.15) is 0 Å². The minimum Gasteiger partial charge on any atom is -0.480 e. The Morgan fingerprint density at radius 3 is 2.49 bits per heavy atom. The average molecular weight is 776 g/mol. The molecule has 1 aromatic heterocycles. The van der Waals surface area contributed by atoms with Crippen LogP contribution in [-0.4, -0.2) is 36.3 Å². The summed E-state index contributed by atoms with van der Waals surface area (Å²) < 4.78 is 33.2. The SMILES string of the molecule is CCOC(=O)COc1c(I)cc(I)cc1/C=c1\sc2n(c1=O)[C@@H](c1ccc(F)cc1)C(C(=O)OCC)=C(C)N=2. The molecule has 0 saturated carbocycles. The van der Waals surface area contributed by atoms with Crippen LogP contribution in [0.4, 0.5) is 4.39 Å². The molecule has 8 nitrogen and oxygen atoms in total. The van der Waals surface area contributed by atoms with E-state index in [2.05, 4.69) is 50.2 Å². The maximum Gasteiger partial charge on any atom is 0.344 e. The molecule has 0 radical (unpaired) electrons. The zero-order chi connectivity index (χ0) is 28.3. The van der Waals surface area contributed by atoms with Crippen LogP contribution < -0.4 is 19.6 Å². The van der Waals surface area contributed by atoms with Crippen molar-refractivity contribution >= 4 is 74.5 Å². The predicted molar refractivity (Wildman–Crippen MR) is 161 cm³/mol. The van der Waals surface area contributed by atoms with Gasteiger partial charge >= 0.3 is 11.9 Å². The summed E-state index contributed by atoms with van der Waals surface area (Å²) in [5.74, 6) is -1.09. The molecule has 0 spiro atoms. The van der Waals surface area contributed by atoms with Crippen LogP contribution in [0, 0.1) is 13.0 Å². The fraction of sp³-hybridized carbons (Fsp3) is 0.259. The Bertz CT molecular complexity index is 1650. The van der Waals surface area contributed by atoms with Gasteiger partial charge in [-0.1, -0.05) is 23.5 Å². The highest BCUT2D eigenvalue weighted by molar-refractivity contribution is 14.1. The minimum atomic E-state index is -0.848. The average Bonchev–Trinajstić information content (AvgIpc) is 3.17. The Kier molecular flexibility index (Phi) is 9.59. The summed E-state index contributed by atoms with van der Waals surface area (Å²) in [6.07, 6.45) is 1.68. The molecule has 0 N–H and O–H groups in total. The van der Waals surface area contributed by atoms with Gasteiger partial charge in [-0.05, 0) is 102 Å². The van der Waals surface area contributed by atoms with Gasteiger partial charge in [0.2, 0.25) is 0 Å². The highest BCUT2D eigenvalue weighted by atomic mass is 127. The molecule has 1 atom stereocenters. The first-order valence-electron chi connectivity index (χ1n) is 11.9. The minimum absolute atomic E-state index is 0.149. The number of hydrogen-bond donors (Lipinski definition) is 0. The molecular formula is C27H23FI2N2O6S. The van der Waals surface area contributed by atoms with Gasteiger partial charge in [-0.25, -0.2) is 19.0 Å². The Labute approximate surface area is 254 Å². The number of fused-ring (bicyclic) bond motifs is 1. The molecule has 0 unspecified atom stereocenters. The van der Waals surface area contributed by atoms with E-state index >= 15 is 0 Å². The first-order valence-corrected chi connectivity index (χ1v) is 14.8. The molecule has 0 aliphatic carbocycles. The van der Waals surface area contributed by atoms with E-state index in [1.54, 1.807) is 39.0 Å². The maximum atomic E-state index is 13.8. The largest absolute Gasteiger partial charge is 0.480 e. The van der Waals surface area contributed by atoms with E-state index < -0.39 is 23.8 Å². The van der Waals surface area contributed by atoms with Gasteiger partial charge in [0.05, 0.1) is 38.6 Å². The molecule has 0 bridgehead atoms. The van der Waals surface area contributed by atoms with Crippen molar-refractivity contribution in [1.29, 1.82) is 0 Å². The molecule has 2 aromatic carbocycles. The van der Waals surface area contributed by atoms with Crippen LogP contribution in [0.25, 0.3) is 6.08 Å². The van der Waals surface area contributed by atoms with Crippen molar-refractivity contribution in [2.45, 2.75) is 26.8 Å². The van der Waals surface area contributed by atoms with E-state index in [-0.39, 0.29) is 31.0 Å². The second-order valence-corrected chi connectivity index (χ2v) is 11.7. The molecule has 2 heterocycles. The molecule has 1 aliphatic rings. The monoisotopic (exact) mass is 776 g/mol. The summed E-state index contributed by atoms with van der Waals surface area (Å²) >= 11 is 5.44. The normalized spacial score (nSPS) is 15.0. The Balaban J connectivity index is 1.89. The molecule has 0 saturated heterocycles. The molecule has 0 amide bonds. The third-order valence-electron chi connectivity index (χ3n) is 5.67. The smallest absolute Gasteiger partial charge is 0.344 e. The molecule has 0 fully saturated rings. The van der Waals surface area contributed by atoms with Crippen LogP contribution >= 0.6 is 56.5 Å². The van der Waals surface area contributed by atoms with Crippen LogP contribution in [0.1, 0.15) is 37.9 Å². The molecule has 3 aromatic rings. The molecule has 204 valence electrons. The van der Waals surface area contributed by atoms with Crippen molar-refractivity contribution in [3.63, 3.8) is 0 Å². The summed E-state index contributed by atoms with van der Waals surface area (Å²) in [6, 6.07) is 8.53. The van der Waals surface area contributed by atoms with Gasteiger partial charge in [0.25, 0.3) is 5.56 Å². The first-order chi connectivity index (χ1) is 18.6. The topological polar surface area (TPSA) is 96.2 Å². The van der Waals surface area contributed by atoms with Crippen molar-refractivity contribution in [3.8, 4) is 5.75 Å². The van der Waals surface area contributed by atoms with Crippen LogP contribution in [-0.2, 0) is 19.1 Å². The van der Waals surface area contributed by atoms with Crippen LogP contribution in [0.3, 0.4) is 0 Å². The van der Waals surface area contributed by atoms with Crippen LogP contribution in [0.15, 0.2) is 57.5 Å². The quantitative estimate of drug-likeness (QED) is 0.253. The lowest BCUT2D eigenvalue weighted by atomic mass is 9.96. The lowest BCUT2D eigenvalue weighted by Crippen LogP contribution is -2.40. The van der Waals surface area contributed by atoms with Gasteiger partial charge in [0, 0.05) is 9.13 Å². The third kappa shape index (κ3) is 6.43. The molecule has 39 heavy (non-hydrogen) atoms. The first kappa shape index (κ1) is 29.4. The molecule has 4 rings (SSSR count). The van der Waals surface area contributed by atoms with Crippen molar-refractivity contribution in [3.05, 3.63) is 91.4 Å². The Morgan fingerprint density at radius 1 is 1.13 bits per heavy atom. The number of benzene rings is 2. The fourth-order valence-corrected chi connectivity index (χ4v) is 7.15. The van der Waals surface area contributed by atoms with Gasteiger partial charge in [0.15, 0.2) is 11.4 Å². The highest BCUT2D eigenvalue weighted by Gasteiger charge is 2.33.